The minimum Gasteiger partial charge on any atom is -0.475 e. The van der Waals surface area contributed by atoms with Gasteiger partial charge in [-0.15, -0.1) is 0 Å². The van der Waals surface area contributed by atoms with Gasteiger partial charge in [-0.1, -0.05) is 0 Å². The molecule has 6 nitrogen and oxygen atoms in total. The number of amides is 1. The molecule has 20 heavy (non-hydrogen) atoms. The lowest BCUT2D eigenvalue weighted by Gasteiger charge is -2.49. The van der Waals surface area contributed by atoms with Crippen LogP contribution in [0.3, 0.4) is 0 Å². The molecule has 1 amide bonds. The van der Waals surface area contributed by atoms with Crippen molar-refractivity contribution >= 4 is 11.9 Å². The van der Waals surface area contributed by atoms with Gasteiger partial charge in [0.15, 0.2) is 5.76 Å². The van der Waals surface area contributed by atoms with Gasteiger partial charge >= 0.3 is 5.97 Å². The van der Waals surface area contributed by atoms with Crippen LogP contribution in [-0.4, -0.2) is 60.0 Å². The molecule has 0 radical (unpaired) electrons. The van der Waals surface area contributed by atoms with Gasteiger partial charge in [0.05, 0.1) is 0 Å². The zero-order chi connectivity index (χ0) is 14.9. The summed E-state index contributed by atoms with van der Waals surface area (Å²) in [6, 6.07) is 2.71. The first-order chi connectivity index (χ1) is 9.35. The van der Waals surface area contributed by atoms with E-state index in [-0.39, 0.29) is 23.0 Å². The van der Waals surface area contributed by atoms with Crippen LogP contribution < -0.4 is 0 Å². The monoisotopic (exact) mass is 280 g/mol. The Morgan fingerprint density at radius 1 is 1.25 bits per heavy atom. The predicted octanol–water partition coefficient (Wildman–Crippen LogP) is 1.53. The van der Waals surface area contributed by atoms with Gasteiger partial charge in [0.1, 0.15) is 0 Å². The van der Waals surface area contributed by atoms with Crippen LogP contribution in [0.4, 0.5) is 0 Å². The van der Waals surface area contributed by atoms with Crippen LogP contribution in [0.5, 0.6) is 0 Å². The number of hydrogen-bond donors (Lipinski definition) is 1. The second-order valence-corrected chi connectivity index (χ2v) is 5.60. The Hall–Kier alpha value is -1.82. The molecule has 0 saturated heterocycles. The van der Waals surface area contributed by atoms with Crippen LogP contribution in [0.25, 0.3) is 0 Å². The molecule has 0 spiro atoms. The molecule has 1 N–H and O–H groups in total. The molecule has 2 rings (SSSR count). The maximum Gasteiger partial charge on any atom is 0.371 e. The summed E-state index contributed by atoms with van der Waals surface area (Å²) in [6.07, 6.45) is 3.30. The first kappa shape index (κ1) is 14.6. The lowest BCUT2D eigenvalue weighted by molar-refractivity contribution is 0.0239. The van der Waals surface area contributed by atoms with Crippen molar-refractivity contribution in [3.8, 4) is 0 Å². The highest BCUT2D eigenvalue weighted by atomic mass is 16.4. The first-order valence-electron chi connectivity index (χ1n) is 6.62. The topological polar surface area (TPSA) is 74.0 Å². The Bertz CT molecular complexity index is 517. The van der Waals surface area contributed by atoms with Gasteiger partial charge < -0.3 is 19.3 Å². The van der Waals surface area contributed by atoms with E-state index in [9.17, 15) is 9.59 Å². The third kappa shape index (κ3) is 2.56. The number of likely N-dealkylation sites (N-methyl/N-ethyl adjacent to an activating group) is 2. The third-order valence-corrected chi connectivity index (χ3v) is 4.14. The number of carboxylic acids is 1. The Labute approximate surface area is 118 Å². The van der Waals surface area contributed by atoms with Crippen LogP contribution in [0.15, 0.2) is 16.5 Å². The van der Waals surface area contributed by atoms with Crippen LogP contribution in [0.2, 0.25) is 0 Å². The SMILES string of the molecule is CN(CC1(N(C)C)CCC1)C(=O)c1ccc(C(=O)O)o1. The highest BCUT2D eigenvalue weighted by Gasteiger charge is 2.41. The lowest BCUT2D eigenvalue weighted by atomic mass is 9.75. The molecule has 0 aliphatic heterocycles. The summed E-state index contributed by atoms with van der Waals surface area (Å²) >= 11 is 0. The van der Waals surface area contributed by atoms with E-state index in [4.69, 9.17) is 9.52 Å². The second-order valence-electron chi connectivity index (χ2n) is 5.60. The fourth-order valence-electron chi connectivity index (χ4n) is 2.60. The summed E-state index contributed by atoms with van der Waals surface area (Å²) in [7, 11) is 5.76. The number of carboxylic acid groups (broad SMARTS) is 1. The van der Waals surface area contributed by atoms with E-state index < -0.39 is 5.97 Å². The highest BCUT2D eigenvalue weighted by molar-refractivity contribution is 5.93. The molecule has 6 heteroatoms. The summed E-state index contributed by atoms with van der Waals surface area (Å²) in [5, 5.41) is 8.80. The summed E-state index contributed by atoms with van der Waals surface area (Å²) < 4.78 is 5.05. The van der Waals surface area contributed by atoms with Gasteiger partial charge in [-0.25, -0.2) is 4.79 Å². The molecule has 1 aliphatic carbocycles. The molecule has 1 saturated carbocycles. The van der Waals surface area contributed by atoms with Crippen LogP contribution in [0.1, 0.15) is 40.4 Å². The van der Waals surface area contributed by atoms with Gasteiger partial charge in [-0.3, -0.25) is 4.79 Å². The minimum absolute atomic E-state index is 0.0344. The van der Waals surface area contributed by atoms with Crippen molar-refractivity contribution in [1.29, 1.82) is 0 Å². The molecule has 110 valence electrons. The normalized spacial score (nSPS) is 16.8. The quantitative estimate of drug-likeness (QED) is 0.885. The Kier molecular flexibility index (Phi) is 3.85. The zero-order valence-corrected chi connectivity index (χ0v) is 12.0. The number of nitrogens with zero attached hydrogens (tertiary/aromatic N) is 2. The van der Waals surface area contributed by atoms with Gasteiger partial charge in [-0.2, -0.15) is 0 Å². The molecule has 0 bridgehead atoms. The van der Waals surface area contributed by atoms with Crippen molar-refractivity contribution < 1.29 is 19.1 Å². The van der Waals surface area contributed by atoms with Crippen molar-refractivity contribution in [1.82, 2.24) is 9.80 Å². The Morgan fingerprint density at radius 3 is 2.25 bits per heavy atom. The molecule has 1 heterocycles. The van der Waals surface area contributed by atoms with Gasteiger partial charge in [0.2, 0.25) is 5.76 Å². The van der Waals surface area contributed by atoms with E-state index in [1.165, 1.54) is 18.6 Å². The summed E-state index contributed by atoms with van der Waals surface area (Å²) in [6.45, 7) is 0.613. The molecule has 1 aromatic heterocycles. The average molecular weight is 280 g/mol. The lowest BCUT2D eigenvalue weighted by Crippen LogP contribution is -2.57. The van der Waals surface area contributed by atoms with Crippen LogP contribution in [-0.2, 0) is 0 Å². The van der Waals surface area contributed by atoms with E-state index in [0.717, 1.165) is 12.8 Å². The van der Waals surface area contributed by atoms with E-state index in [1.807, 2.05) is 14.1 Å². The van der Waals surface area contributed by atoms with Crippen LogP contribution in [0, 0.1) is 0 Å². The Balaban J connectivity index is 2.06. The molecule has 1 aromatic rings. The number of carbonyl (C=O) groups is 2. The maximum atomic E-state index is 12.2. The molecular weight excluding hydrogens is 260 g/mol. The van der Waals surface area contributed by atoms with Gasteiger partial charge in [0, 0.05) is 19.1 Å². The molecule has 0 unspecified atom stereocenters. The molecule has 1 fully saturated rings. The molecule has 0 aromatic carbocycles. The molecular formula is C14H20N2O4. The third-order valence-electron chi connectivity index (χ3n) is 4.14. The largest absolute Gasteiger partial charge is 0.475 e. The van der Waals surface area contributed by atoms with Gasteiger partial charge in [0.25, 0.3) is 5.91 Å². The van der Waals surface area contributed by atoms with Crippen molar-refractivity contribution in [2.75, 3.05) is 27.7 Å². The molecule has 0 atom stereocenters. The minimum atomic E-state index is -1.17. The van der Waals surface area contributed by atoms with Crippen molar-refractivity contribution in [3.63, 3.8) is 0 Å². The van der Waals surface area contributed by atoms with E-state index in [1.54, 1.807) is 11.9 Å². The highest BCUT2D eigenvalue weighted by Crippen LogP contribution is 2.36. The van der Waals surface area contributed by atoms with Crippen molar-refractivity contribution in [2.45, 2.75) is 24.8 Å². The first-order valence-corrected chi connectivity index (χ1v) is 6.62. The maximum absolute atomic E-state index is 12.2. The van der Waals surface area contributed by atoms with E-state index in [0.29, 0.717) is 6.54 Å². The predicted molar refractivity (Wildman–Crippen MR) is 72.9 cm³/mol. The van der Waals surface area contributed by atoms with Gasteiger partial charge in [-0.05, 0) is 45.5 Å². The average Bonchev–Trinajstić information content (AvgIpc) is 2.81. The standard InChI is InChI=1S/C14H20N2O4/c1-15(2)14(7-4-8-14)9-16(3)12(17)10-5-6-11(20-10)13(18)19/h5-6H,4,7-9H2,1-3H3,(H,18,19). The number of hydrogen-bond acceptors (Lipinski definition) is 4. The van der Waals surface area contributed by atoms with E-state index >= 15 is 0 Å². The number of aromatic carboxylic acids is 1. The second kappa shape index (κ2) is 5.28. The van der Waals surface area contributed by atoms with E-state index in [2.05, 4.69) is 4.90 Å². The summed E-state index contributed by atoms with van der Waals surface area (Å²) in [5.41, 5.74) is 0.0344. The smallest absolute Gasteiger partial charge is 0.371 e. The van der Waals surface area contributed by atoms with Crippen molar-refractivity contribution in [2.24, 2.45) is 0 Å². The fraction of sp³-hybridized carbons (Fsp3) is 0.571. The number of furan rings is 1. The number of rotatable bonds is 5. The summed E-state index contributed by atoms with van der Waals surface area (Å²) in [5.74, 6) is -1.60. The Morgan fingerprint density at radius 2 is 1.85 bits per heavy atom. The van der Waals surface area contributed by atoms with Crippen molar-refractivity contribution in [3.05, 3.63) is 23.7 Å². The zero-order valence-electron chi connectivity index (χ0n) is 12.0. The molecule has 1 aliphatic rings. The summed E-state index contributed by atoms with van der Waals surface area (Å²) in [4.78, 5) is 26.8. The van der Waals surface area contributed by atoms with Crippen LogP contribution >= 0.6 is 0 Å². The number of carbonyl (C=O) groups excluding carboxylic acids is 1. The fourth-order valence-corrected chi connectivity index (χ4v) is 2.60.